The highest BCUT2D eigenvalue weighted by Crippen LogP contribution is 2.26. The molecular weight excluding hydrogens is 316 g/mol. The van der Waals surface area contributed by atoms with E-state index < -0.39 is 0 Å². The molecule has 0 saturated heterocycles. The number of aryl methyl sites for hydroxylation is 1. The zero-order valence-electron chi connectivity index (χ0n) is 13.2. The first-order valence-corrected chi connectivity index (χ1v) is 7.92. The Morgan fingerprint density at radius 3 is 2.87 bits per heavy atom. The van der Waals surface area contributed by atoms with E-state index in [2.05, 4.69) is 15.5 Å². The minimum absolute atomic E-state index is 0. The zero-order valence-corrected chi connectivity index (χ0v) is 14.1. The fraction of sp³-hybridized carbons (Fsp3) is 0.562. The summed E-state index contributed by atoms with van der Waals surface area (Å²) in [7, 11) is 0. The van der Waals surface area contributed by atoms with Crippen molar-refractivity contribution in [1.29, 1.82) is 0 Å². The summed E-state index contributed by atoms with van der Waals surface area (Å²) < 4.78 is 5.07. The summed E-state index contributed by atoms with van der Waals surface area (Å²) in [6.07, 6.45) is 7.55. The average Bonchev–Trinajstić information content (AvgIpc) is 2.94. The Balaban J connectivity index is 0.00000192. The molecule has 2 aromatic heterocycles. The maximum atomic E-state index is 12.5. The first-order chi connectivity index (χ1) is 10.7. The van der Waals surface area contributed by atoms with Crippen molar-refractivity contribution in [2.75, 3.05) is 6.54 Å². The lowest BCUT2D eigenvalue weighted by atomic mass is 9.84. The summed E-state index contributed by atoms with van der Waals surface area (Å²) in [5, 5.41) is 7.70. The van der Waals surface area contributed by atoms with E-state index in [1.807, 2.05) is 6.92 Å². The molecule has 0 bridgehead atoms. The molecule has 23 heavy (non-hydrogen) atoms. The predicted molar refractivity (Wildman–Crippen MR) is 90.7 cm³/mol. The van der Waals surface area contributed by atoms with Gasteiger partial charge < -0.3 is 15.6 Å². The Morgan fingerprint density at radius 1 is 1.43 bits per heavy atom. The second-order valence-corrected chi connectivity index (χ2v) is 6.06. The van der Waals surface area contributed by atoms with E-state index in [4.69, 9.17) is 10.3 Å². The van der Waals surface area contributed by atoms with Crippen LogP contribution in [0.5, 0.6) is 0 Å². The van der Waals surface area contributed by atoms with Crippen LogP contribution in [0.25, 0.3) is 11.1 Å². The van der Waals surface area contributed by atoms with E-state index in [0.717, 1.165) is 23.9 Å². The number of pyridine rings is 1. The van der Waals surface area contributed by atoms with Gasteiger partial charge in [0.1, 0.15) is 0 Å². The van der Waals surface area contributed by atoms with Crippen molar-refractivity contribution in [3.63, 3.8) is 0 Å². The molecule has 7 heteroatoms. The summed E-state index contributed by atoms with van der Waals surface area (Å²) in [4.78, 5) is 16.6. The van der Waals surface area contributed by atoms with Crippen molar-refractivity contribution in [2.45, 2.75) is 45.1 Å². The number of hydrogen-bond acceptors (Lipinski definition) is 5. The molecule has 1 fully saturated rings. The lowest BCUT2D eigenvalue weighted by Gasteiger charge is -2.30. The second kappa shape index (κ2) is 7.75. The number of nitrogens with one attached hydrogen (secondary N) is 1. The van der Waals surface area contributed by atoms with Crippen molar-refractivity contribution in [3.8, 4) is 0 Å². The van der Waals surface area contributed by atoms with Crippen LogP contribution in [0, 0.1) is 12.8 Å². The summed E-state index contributed by atoms with van der Waals surface area (Å²) >= 11 is 0. The quantitative estimate of drug-likeness (QED) is 0.893. The standard InChI is InChI=1S/C16H22N4O2.ClH/c1-10-13-7-12(9-18-16(13)22-20-10)15(21)19-14(8-17)11-5-3-2-4-6-11;/h7,9,11,14H,2-6,8,17H2,1H3,(H,19,21);1H. The van der Waals surface area contributed by atoms with Crippen LogP contribution in [0.15, 0.2) is 16.8 Å². The molecule has 0 radical (unpaired) electrons. The monoisotopic (exact) mass is 338 g/mol. The molecule has 0 spiro atoms. The summed E-state index contributed by atoms with van der Waals surface area (Å²) in [5.74, 6) is 0.354. The van der Waals surface area contributed by atoms with Crippen LogP contribution >= 0.6 is 12.4 Å². The first kappa shape index (κ1) is 17.7. The fourth-order valence-corrected chi connectivity index (χ4v) is 3.23. The third kappa shape index (κ3) is 3.82. The molecule has 3 N–H and O–H groups in total. The Hall–Kier alpha value is -1.66. The number of nitrogens with zero attached hydrogens (tertiary/aromatic N) is 2. The Kier molecular flexibility index (Phi) is 5.96. The number of carbonyl (C=O) groups excluding carboxylic acids is 1. The SMILES string of the molecule is Cc1noc2ncc(C(=O)NC(CN)C3CCCCC3)cc12.Cl. The topological polar surface area (TPSA) is 94.0 Å². The van der Waals surface area contributed by atoms with Gasteiger partial charge in [0, 0.05) is 18.8 Å². The molecule has 1 atom stereocenters. The number of amides is 1. The number of halogens is 1. The third-order valence-electron chi connectivity index (χ3n) is 4.56. The van der Waals surface area contributed by atoms with Gasteiger partial charge in [-0.2, -0.15) is 0 Å². The number of carbonyl (C=O) groups is 1. The summed E-state index contributed by atoms with van der Waals surface area (Å²) in [6, 6.07) is 1.81. The Morgan fingerprint density at radius 2 is 2.17 bits per heavy atom. The van der Waals surface area contributed by atoms with E-state index in [1.165, 1.54) is 25.5 Å². The number of aromatic nitrogens is 2. The molecule has 0 aromatic carbocycles. The number of rotatable bonds is 4. The van der Waals surface area contributed by atoms with Crippen LogP contribution < -0.4 is 11.1 Å². The molecule has 1 amide bonds. The molecule has 2 aromatic rings. The maximum absolute atomic E-state index is 12.5. The van der Waals surface area contributed by atoms with E-state index >= 15 is 0 Å². The molecule has 1 unspecified atom stereocenters. The Bertz CT molecular complexity index is 667. The normalized spacial score (nSPS) is 16.8. The summed E-state index contributed by atoms with van der Waals surface area (Å²) in [6.45, 7) is 2.30. The van der Waals surface area contributed by atoms with Crippen LogP contribution in [0.2, 0.25) is 0 Å². The molecule has 2 heterocycles. The first-order valence-electron chi connectivity index (χ1n) is 7.92. The second-order valence-electron chi connectivity index (χ2n) is 6.06. The van der Waals surface area contributed by atoms with E-state index in [0.29, 0.717) is 23.7 Å². The largest absolute Gasteiger partial charge is 0.348 e. The molecule has 6 nitrogen and oxygen atoms in total. The molecule has 0 aliphatic heterocycles. The maximum Gasteiger partial charge on any atom is 0.257 e. The van der Waals surface area contributed by atoms with E-state index in [1.54, 1.807) is 6.07 Å². The minimum atomic E-state index is -0.129. The van der Waals surface area contributed by atoms with Crippen molar-refractivity contribution >= 4 is 29.4 Å². The number of nitrogens with two attached hydrogens (primary N) is 1. The van der Waals surface area contributed by atoms with Crippen molar-refractivity contribution < 1.29 is 9.32 Å². The van der Waals surface area contributed by atoms with Crippen molar-refractivity contribution in [1.82, 2.24) is 15.5 Å². The number of hydrogen-bond donors (Lipinski definition) is 2. The van der Waals surface area contributed by atoms with Crippen LogP contribution in [-0.4, -0.2) is 28.6 Å². The van der Waals surface area contributed by atoms with Crippen molar-refractivity contribution in [2.24, 2.45) is 11.7 Å². The summed E-state index contributed by atoms with van der Waals surface area (Å²) in [5.41, 5.74) is 7.59. The van der Waals surface area contributed by atoms with Crippen LogP contribution in [0.4, 0.5) is 0 Å². The van der Waals surface area contributed by atoms with Gasteiger partial charge in [0.05, 0.1) is 16.6 Å². The predicted octanol–water partition coefficient (Wildman–Crippen LogP) is 2.59. The van der Waals surface area contributed by atoms with Crippen molar-refractivity contribution in [3.05, 3.63) is 23.5 Å². The molecule has 126 valence electrons. The number of fused-ring (bicyclic) bond motifs is 1. The van der Waals surface area contributed by atoms with Gasteiger partial charge in [0.15, 0.2) is 0 Å². The van der Waals surface area contributed by atoms with Gasteiger partial charge in [-0.1, -0.05) is 24.4 Å². The highest BCUT2D eigenvalue weighted by atomic mass is 35.5. The molecule has 1 saturated carbocycles. The van der Waals surface area contributed by atoms with E-state index in [9.17, 15) is 4.79 Å². The molecule has 1 aliphatic rings. The van der Waals surface area contributed by atoms with Gasteiger partial charge in [0.25, 0.3) is 11.6 Å². The minimum Gasteiger partial charge on any atom is -0.348 e. The molecular formula is C16H23ClN4O2. The lowest BCUT2D eigenvalue weighted by molar-refractivity contribution is 0.0915. The Labute approximate surface area is 141 Å². The zero-order chi connectivity index (χ0) is 15.5. The van der Waals surface area contributed by atoms with E-state index in [-0.39, 0.29) is 24.4 Å². The third-order valence-corrected chi connectivity index (χ3v) is 4.56. The smallest absolute Gasteiger partial charge is 0.257 e. The average molecular weight is 339 g/mol. The van der Waals surface area contributed by atoms with Gasteiger partial charge in [-0.25, -0.2) is 4.98 Å². The highest BCUT2D eigenvalue weighted by molar-refractivity contribution is 5.97. The van der Waals surface area contributed by atoms with Gasteiger partial charge in [-0.05, 0) is 31.7 Å². The van der Waals surface area contributed by atoms with Gasteiger partial charge in [-0.3, -0.25) is 4.79 Å². The van der Waals surface area contributed by atoms with Gasteiger partial charge >= 0.3 is 0 Å². The van der Waals surface area contributed by atoms with Crippen LogP contribution in [0.1, 0.15) is 48.2 Å². The molecule has 3 rings (SSSR count). The van der Waals surface area contributed by atoms with Crippen LogP contribution in [0.3, 0.4) is 0 Å². The molecule has 1 aliphatic carbocycles. The van der Waals surface area contributed by atoms with Gasteiger partial charge in [-0.15, -0.1) is 12.4 Å². The highest BCUT2D eigenvalue weighted by Gasteiger charge is 2.24. The van der Waals surface area contributed by atoms with Gasteiger partial charge in [0.2, 0.25) is 0 Å². The fourth-order valence-electron chi connectivity index (χ4n) is 3.23. The van der Waals surface area contributed by atoms with Crippen LogP contribution in [-0.2, 0) is 0 Å². The lowest BCUT2D eigenvalue weighted by Crippen LogP contribution is -2.45.